The minimum atomic E-state index is -0.485. The highest BCUT2D eigenvalue weighted by molar-refractivity contribution is 5.39. The Hall–Kier alpha value is -1.10. The van der Waals surface area contributed by atoms with Gasteiger partial charge in [0.25, 0.3) is 0 Å². The molecule has 1 aliphatic rings. The van der Waals surface area contributed by atoms with Gasteiger partial charge in [0.1, 0.15) is 18.5 Å². The molecule has 0 unspecified atom stereocenters. The molecule has 0 radical (unpaired) electrons. The van der Waals surface area contributed by atoms with Crippen LogP contribution in [0.1, 0.15) is 25.0 Å². The summed E-state index contributed by atoms with van der Waals surface area (Å²) in [6.45, 7) is 10.9. The van der Waals surface area contributed by atoms with E-state index >= 15 is 0 Å². The highest BCUT2D eigenvalue weighted by atomic mass is 16.5. The van der Waals surface area contributed by atoms with Gasteiger partial charge in [0.05, 0.1) is 12.2 Å². The highest BCUT2D eigenvalue weighted by Gasteiger charge is 2.24. The fraction of sp³-hybridized carbons (Fsp3) is 0.647. The number of nitrogens with zero attached hydrogens (tertiary/aromatic N) is 1. The average Bonchev–Trinajstić information content (AvgIpc) is 2.36. The first kappa shape index (κ1) is 16.3. The molecule has 2 rings (SSSR count). The number of morpholine rings is 1. The molecule has 0 spiro atoms. The van der Waals surface area contributed by atoms with Crippen LogP contribution in [0.2, 0.25) is 0 Å². The van der Waals surface area contributed by atoms with E-state index in [1.165, 1.54) is 0 Å². The Kier molecular flexibility index (Phi) is 5.62. The molecule has 1 heterocycles. The summed E-state index contributed by atoms with van der Waals surface area (Å²) in [5.41, 5.74) is 2.21. The minimum Gasteiger partial charge on any atom is -0.490 e. The first-order chi connectivity index (χ1) is 9.95. The standard InChI is InChI=1S/C17H27NO3/c1-12-6-5-7-13(2)17(12)20-11-16(19)10-18-8-14(3)21-15(4)9-18/h5-7,14-16,19H,8-11H2,1-4H3/t14-,15-,16-/m0/s1. The number of aryl methyl sites for hydroxylation is 2. The van der Waals surface area contributed by atoms with Gasteiger partial charge in [-0.2, -0.15) is 0 Å². The zero-order valence-corrected chi connectivity index (χ0v) is 13.5. The second kappa shape index (κ2) is 7.25. The number of rotatable bonds is 5. The van der Waals surface area contributed by atoms with Crippen molar-refractivity contribution < 1.29 is 14.6 Å². The van der Waals surface area contributed by atoms with Crippen molar-refractivity contribution in [3.63, 3.8) is 0 Å². The molecule has 0 aliphatic carbocycles. The Labute approximate surface area is 127 Å². The number of aliphatic hydroxyl groups excluding tert-OH is 1. The average molecular weight is 293 g/mol. The van der Waals surface area contributed by atoms with Gasteiger partial charge < -0.3 is 14.6 Å². The number of ether oxygens (including phenoxy) is 2. The molecule has 21 heavy (non-hydrogen) atoms. The van der Waals surface area contributed by atoms with E-state index in [0.29, 0.717) is 13.2 Å². The number of β-amino-alcohol motifs (C(OH)–C–C–N with tert-alkyl or cyclic N) is 1. The third-order valence-electron chi connectivity index (χ3n) is 3.79. The first-order valence-electron chi connectivity index (χ1n) is 7.70. The van der Waals surface area contributed by atoms with Crippen LogP contribution in [0.5, 0.6) is 5.75 Å². The van der Waals surface area contributed by atoms with E-state index in [1.54, 1.807) is 0 Å². The Morgan fingerprint density at radius 3 is 2.38 bits per heavy atom. The Balaban J connectivity index is 1.83. The number of para-hydroxylation sites is 1. The first-order valence-corrected chi connectivity index (χ1v) is 7.70. The molecular formula is C17H27NO3. The van der Waals surface area contributed by atoms with Gasteiger partial charge in [-0.3, -0.25) is 4.90 Å². The molecule has 1 saturated heterocycles. The smallest absolute Gasteiger partial charge is 0.125 e. The topological polar surface area (TPSA) is 41.9 Å². The number of benzene rings is 1. The van der Waals surface area contributed by atoms with Crippen LogP contribution < -0.4 is 4.74 Å². The molecule has 4 heteroatoms. The van der Waals surface area contributed by atoms with Crippen LogP contribution in [0.25, 0.3) is 0 Å². The Bertz CT molecular complexity index is 433. The summed E-state index contributed by atoms with van der Waals surface area (Å²) in [4.78, 5) is 2.25. The molecule has 3 atom stereocenters. The molecule has 0 aromatic heterocycles. The van der Waals surface area contributed by atoms with E-state index in [9.17, 15) is 5.11 Å². The minimum absolute atomic E-state index is 0.223. The van der Waals surface area contributed by atoms with Crippen molar-refractivity contribution in [2.24, 2.45) is 0 Å². The van der Waals surface area contributed by atoms with Gasteiger partial charge in [0, 0.05) is 19.6 Å². The van der Waals surface area contributed by atoms with E-state index in [2.05, 4.69) is 18.7 Å². The molecule has 118 valence electrons. The van der Waals surface area contributed by atoms with Gasteiger partial charge in [0.2, 0.25) is 0 Å². The highest BCUT2D eigenvalue weighted by Crippen LogP contribution is 2.22. The molecule has 0 amide bonds. The van der Waals surface area contributed by atoms with E-state index in [0.717, 1.165) is 30.0 Å². The lowest BCUT2D eigenvalue weighted by Gasteiger charge is -2.36. The third-order valence-corrected chi connectivity index (χ3v) is 3.79. The van der Waals surface area contributed by atoms with Crippen molar-refractivity contribution in [1.29, 1.82) is 0 Å². The van der Waals surface area contributed by atoms with E-state index < -0.39 is 6.10 Å². The summed E-state index contributed by atoms with van der Waals surface area (Å²) in [6.07, 6.45) is -0.0394. The van der Waals surface area contributed by atoms with Gasteiger partial charge in [-0.05, 0) is 38.8 Å². The summed E-state index contributed by atoms with van der Waals surface area (Å²) in [6, 6.07) is 6.07. The van der Waals surface area contributed by atoms with Crippen molar-refractivity contribution in [2.75, 3.05) is 26.2 Å². The lowest BCUT2D eigenvalue weighted by atomic mass is 10.1. The predicted molar refractivity (Wildman–Crippen MR) is 83.9 cm³/mol. The SMILES string of the molecule is Cc1cccc(C)c1OC[C@@H](O)CN1C[C@H](C)O[C@@H](C)C1. The Morgan fingerprint density at radius 1 is 1.24 bits per heavy atom. The maximum absolute atomic E-state index is 10.2. The Morgan fingerprint density at radius 2 is 1.81 bits per heavy atom. The van der Waals surface area contributed by atoms with Crippen LogP contribution in [-0.4, -0.2) is 54.6 Å². The maximum atomic E-state index is 10.2. The van der Waals surface area contributed by atoms with Crippen molar-refractivity contribution in [2.45, 2.75) is 46.0 Å². The fourth-order valence-corrected chi connectivity index (χ4v) is 2.99. The molecular weight excluding hydrogens is 266 g/mol. The monoisotopic (exact) mass is 293 g/mol. The van der Waals surface area contributed by atoms with E-state index in [4.69, 9.17) is 9.47 Å². The second-order valence-electron chi connectivity index (χ2n) is 6.16. The van der Waals surface area contributed by atoms with Crippen molar-refractivity contribution >= 4 is 0 Å². The van der Waals surface area contributed by atoms with Gasteiger partial charge in [-0.25, -0.2) is 0 Å². The quantitative estimate of drug-likeness (QED) is 0.903. The van der Waals surface area contributed by atoms with Gasteiger partial charge in [0.15, 0.2) is 0 Å². The van der Waals surface area contributed by atoms with Crippen molar-refractivity contribution in [1.82, 2.24) is 4.90 Å². The molecule has 1 N–H and O–H groups in total. The largest absolute Gasteiger partial charge is 0.490 e. The normalized spacial score (nSPS) is 24.8. The fourth-order valence-electron chi connectivity index (χ4n) is 2.99. The summed E-state index contributed by atoms with van der Waals surface area (Å²) >= 11 is 0. The van der Waals surface area contributed by atoms with Gasteiger partial charge in [-0.15, -0.1) is 0 Å². The number of hydrogen-bond donors (Lipinski definition) is 1. The maximum Gasteiger partial charge on any atom is 0.125 e. The van der Waals surface area contributed by atoms with Crippen LogP contribution in [0, 0.1) is 13.8 Å². The van der Waals surface area contributed by atoms with Crippen molar-refractivity contribution in [3.05, 3.63) is 29.3 Å². The third kappa shape index (κ3) is 4.70. The van der Waals surface area contributed by atoms with Crippen LogP contribution in [0.4, 0.5) is 0 Å². The molecule has 1 aliphatic heterocycles. The van der Waals surface area contributed by atoms with Gasteiger partial charge >= 0.3 is 0 Å². The zero-order valence-electron chi connectivity index (χ0n) is 13.5. The predicted octanol–water partition coefficient (Wildman–Crippen LogP) is 2.15. The van der Waals surface area contributed by atoms with Crippen molar-refractivity contribution in [3.8, 4) is 5.75 Å². The molecule has 0 bridgehead atoms. The second-order valence-corrected chi connectivity index (χ2v) is 6.16. The van der Waals surface area contributed by atoms with Crippen LogP contribution in [0.15, 0.2) is 18.2 Å². The van der Waals surface area contributed by atoms with E-state index in [1.807, 2.05) is 32.0 Å². The molecule has 1 fully saturated rings. The number of aliphatic hydroxyl groups is 1. The summed E-state index contributed by atoms with van der Waals surface area (Å²) in [5.74, 6) is 0.889. The summed E-state index contributed by atoms with van der Waals surface area (Å²) in [7, 11) is 0. The summed E-state index contributed by atoms with van der Waals surface area (Å²) < 4.78 is 11.5. The molecule has 4 nitrogen and oxygen atoms in total. The van der Waals surface area contributed by atoms with E-state index in [-0.39, 0.29) is 12.2 Å². The lowest BCUT2D eigenvalue weighted by Crippen LogP contribution is -2.48. The zero-order chi connectivity index (χ0) is 15.4. The molecule has 1 aromatic carbocycles. The summed E-state index contributed by atoms with van der Waals surface area (Å²) in [5, 5.41) is 10.2. The van der Waals surface area contributed by atoms with Crippen LogP contribution in [-0.2, 0) is 4.74 Å². The van der Waals surface area contributed by atoms with Crippen LogP contribution in [0.3, 0.4) is 0 Å². The lowest BCUT2D eigenvalue weighted by molar-refractivity contribution is -0.0787. The molecule has 1 aromatic rings. The number of hydrogen-bond acceptors (Lipinski definition) is 4. The molecule has 0 saturated carbocycles. The van der Waals surface area contributed by atoms with Crippen LogP contribution >= 0.6 is 0 Å². The van der Waals surface area contributed by atoms with Gasteiger partial charge in [-0.1, -0.05) is 18.2 Å².